The second-order valence-electron chi connectivity index (χ2n) is 6.38. The summed E-state index contributed by atoms with van der Waals surface area (Å²) >= 11 is 1.86. The first-order valence-electron chi connectivity index (χ1n) is 7.91. The summed E-state index contributed by atoms with van der Waals surface area (Å²) in [5, 5.41) is 5.01. The molecule has 2 heterocycles. The summed E-state index contributed by atoms with van der Waals surface area (Å²) in [5.41, 5.74) is 1.20. The summed E-state index contributed by atoms with van der Waals surface area (Å²) in [6.07, 6.45) is 2.53. The molecule has 3 nitrogen and oxygen atoms in total. The van der Waals surface area contributed by atoms with Crippen LogP contribution in [-0.2, 0) is 6.54 Å². The van der Waals surface area contributed by atoms with Crippen LogP contribution in [-0.4, -0.2) is 35.1 Å². The average molecular weight is 295 g/mol. The minimum Gasteiger partial charge on any atom is -0.311 e. The van der Waals surface area contributed by atoms with Crippen molar-refractivity contribution in [1.29, 1.82) is 0 Å². The largest absolute Gasteiger partial charge is 0.311 e. The molecule has 20 heavy (non-hydrogen) atoms. The Morgan fingerprint density at radius 2 is 2.15 bits per heavy atom. The zero-order valence-electron chi connectivity index (χ0n) is 13.6. The minimum absolute atomic E-state index is 0.616. The van der Waals surface area contributed by atoms with Crippen LogP contribution in [0.15, 0.2) is 0 Å². The van der Waals surface area contributed by atoms with Crippen LogP contribution in [0.5, 0.6) is 0 Å². The van der Waals surface area contributed by atoms with Gasteiger partial charge in [0, 0.05) is 30.1 Å². The van der Waals surface area contributed by atoms with E-state index in [1.54, 1.807) is 0 Å². The maximum absolute atomic E-state index is 4.73. The van der Waals surface area contributed by atoms with Gasteiger partial charge >= 0.3 is 0 Å². The van der Waals surface area contributed by atoms with Crippen molar-refractivity contribution in [3.05, 3.63) is 15.6 Å². The average Bonchev–Trinajstić information content (AvgIpc) is 2.70. The summed E-state index contributed by atoms with van der Waals surface area (Å²) in [4.78, 5) is 8.74. The van der Waals surface area contributed by atoms with Crippen molar-refractivity contribution in [2.75, 3.05) is 13.1 Å². The van der Waals surface area contributed by atoms with Crippen molar-refractivity contribution >= 4 is 11.3 Å². The van der Waals surface area contributed by atoms with Gasteiger partial charge in [-0.05, 0) is 26.2 Å². The lowest BCUT2D eigenvalue weighted by atomic mass is 9.97. The number of piperazine rings is 1. The third-order valence-corrected chi connectivity index (χ3v) is 5.46. The van der Waals surface area contributed by atoms with Gasteiger partial charge in [0.2, 0.25) is 0 Å². The highest BCUT2D eigenvalue weighted by molar-refractivity contribution is 7.11. The second kappa shape index (κ2) is 7.01. The molecule has 0 aromatic carbocycles. The van der Waals surface area contributed by atoms with Crippen molar-refractivity contribution in [1.82, 2.24) is 15.2 Å². The van der Waals surface area contributed by atoms with Gasteiger partial charge in [-0.3, -0.25) is 4.90 Å². The molecule has 0 aliphatic carbocycles. The molecular weight excluding hydrogens is 266 g/mol. The molecule has 2 atom stereocenters. The first kappa shape index (κ1) is 15.9. The fourth-order valence-corrected chi connectivity index (χ4v) is 3.88. The topological polar surface area (TPSA) is 28.2 Å². The Morgan fingerprint density at radius 1 is 1.40 bits per heavy atom. The fourth-order valence-electron chi connectivity index (χ4n) is 2.92. The summed E-state index contributed by atoms with van der Waals surface area (Å²) in [7, 11) is 0. The van der Waals surface area contributed by atoms with Gasteiger partial charge in [-0.25, -0.2) is 4.98 Å². The molecule has 2 rings (SSSR count). The van der Waals surface area contributed by atoms with Crippen molar-refractivity contribution in [2.45, 2.75) is 66.1 Å². The SMILES string of the molecule is CCCC1CNC(C(C)C)CN1Cc1nc(C)c(C)s1. The van der Waals surface area contributed by atoms with Crippen molar-refractivity contribution in [3.8, 4) is 0 Å². The molecule has 0 radical (unpaired) electrons. The summed E-state index contributed by atoms with van der Waals surface area (Å²) in [6, 6.07) is 1.28. The Kier molecular flexibility index (Phi) is 5.58. The predicted octanol–water partition coefficient (Wildman–Crippen LogP) is 3.36. The van der Waals surface area contributed by atoms with E-state index in [0.29, 0.717) is 18.0 Å². The first-order valence-corrected chi connectivity index (χ1v) is 8.73. The predicted molar refractivity (Wildman–Crippen MR) is 87.3 cm³/mol. The molecule has 0 saturated carbocycles. The fraction of sp³-hybridized carbons (Fsp3) is 0.812. The van der Waals surface area contributed by atoms with Crippen LogP contribution in [0, 0.1) is 19.8 Å². The smallest absolute Gasteiger partial charge is 0.107 e. The van der Waals surface area contributed by atoms with E-state index in [-0.39, 0.29) is 0 Å². The van der Waals surface area contributed by atoms with E-state index in [9.17, 15) is 0 Å². The molecule has 1 aliphatic rings. The van der Waals surface area contributed by atoms with Crippen LogP contribution in [0.4, 0.5) is 0 Å². The summed E-state index contributed by atoms with van der Waals surface area (Å²) in [6.45, 7) is 14.5. The van der Waals surface area contributed by atoms with Crippen LogP contribution in [0.1, 0.15) is 49.2 Å². The molecule has 0 spiro atoms. The van der Waals surface area contributed by atoms with Crippen LogP contribution >= 0.6 is 11.3 Å². The van der Waals surface area contributed by atoms with Gasteiger partial charge in [0.1, 0.15) is 5.01 Å². The molecule has 0 amide bonds. The Balaban J connectivity index is 2.06. The maximum atomic E-state index is 4.73. The Bertz CT molecular complexity index is 408. The molecule has 1 aromatic rings. The zero-order chi connectivity index (χ0) is 14.7. The lowest BCUT2D eigenvalue weighted by Crippen LogP contribution is -2.57. The van der Waals surface area contributed by atoms with Crippen LogP contribution in [0.25, 0.3) is 0 Å². The van der Waals surface area contributed by atoms with Gasteiger partial charge in [0.25, 0.3) is 0 Å². The van der Waals surface area contributed by atoms with Crippen LogP contribution < -0.4 is 5.32 Å². The Morgan fingerprint density at radius 3 is 2.70 bits per heavy atom. The number of aromatic nitrogens is 1. The molecule has 1 fully saturated rings. The molecule has 0 bridgehead atoms. The number of aryl methyl sites for hydroxylation is 2. The van der Waals surface area contributed by atoms with E-state index in [1.165, 1.54) is 28.4 Å². The summed E-state index contributed by atoms with van der Waals surface area (Å²) in [5.74, 6) is 0.694. The zero-order valence-corrected chi connectivity index (χ0v) is 14.4. The monoisotopic (exact) mass is 295 g/mol. The Labute approximate surface area is 127 Å². The maximum Gasteiger partial charge on any atom is 0.107 e. The highest BCUT2D eigenvalue weighted by Crippen LogP contribution is 2.22. The van der Waals surface area contributed by atoms with E-state index in [0.717, 1.165) is 19.6 Å². The van der Waals surface area contributed by atoms with Gasteiger partial charge in [-0.1, -0.05) is 27.2 Å². The van der Waals surface area contributed by atoms with Crippen LogP contribution in [0.2, 0.25) is 0 Å². The molecule has 1 N–H and O–H groups in total. The van der Waals surface area contributed by atoms with Gasteiger partial charge in [-0.2, -0.15) is 0 Å². The number of nitrogens with one attached hydrogen (secondary N) is 1. The van der Waals surface area contributed by atoms with Crippen molar-refractivity contribution < 1.29 is 0 Å². The van der Waals surface area contributed by atoms with E-state index < -0.39 is 0 Å². The highest BCUT2D eigenvalue weighted by Gasteiger charge is 2.29. The normalized spacial score (nSPS) is 24.5. The summed E-state index contributed by atoms with van der Waals surface area (Å²) < 4.78 is 0. The molecule has 2 unspecified atom stereocenters. The van der Waals surface area contributed by atoms with E-state index in [2.05, 4.69) is 44.8 Å². The lowest BCUT2D eigenvalue weighted by Gasteiger charge is -2.41. The van der Waals surface area contributed by atoms with Crippen molar-refractivity contribution in [3.63, 3.8) is 0 Å². The van der Waals surface area contributed by atoms with Crippen LogP contribution in [0.3, 0.4) is 0 Å². The van der Waals surface area contributed by atoms with E-state index in [4.69, 9.17) is 4.98 Å². The second-order valence-corrected chi connectivity index (χ2v) is 7.67. The molecular formula is C16H29N3S. The van der Waals surface area contributed by atoms with Gasteiger partial charge in [0.05, 0.1) is 12.2 Å². The third-order valence-electron chi connectivity index (χ3n) is 4.40. The number of thiazole rings is 1. The number of hydrogen-bond acceptors (Lipinski definition) is 4. The molecule has 1 saturated heterocycles. The minimum atomic E-state index is 0.616. The van der Waals surface area contributed by atoms with E-state index in [1.807, 2.05) is 11.3 Å². The van der Waals surface area contributed by atoms with E-state index >= 15 is 0 Å². The first-order chi connectivity index (χ1) is 9.51. The Hall–Kier alpha value is -0.450. The quantitative estimate of drug-likeness (QED) is 0.903. The number of nitrogens with zero attached hydrogens (tertiary/aromatic N) is 2. The lowest BCUT2D eigenvalue weighted by molar-refractivity contribution is 0.0996. The van der Waals surface area contributed by atoms with Gasteiger partial charge in [0.15, 0.2) is 0 Å². The molecule has 1 aromatic heterocycles. The standard InChI is InChI=1S/C16H29N3S/c1-6-7-14-8-17-15(11(2)3)9-19(14)10-16-18-12(4)13(5)20-16/h11,14-15,17H,6-10H2,1-5H3. The molecule has 114 valence electrons. The van der Waals surface area contributed by atoms with Crippen molar-refractivity contribution in [2.24, 2.45) is 5.92 Å². The third kappa shape index (κ3) is 3.80. The number of hydrogen-bond donors (Lipinski definition) is 1. The van der Waals surface area contributed by atoms with Gasteiger partial charge in [-0.15, -0.1) is 11.3 Å². The highest BCUT2D eigenvalue weighted by atomic mass is 32.1. The number of rotatable bonds is 5. The molecule has 4 heteroatoms. The van der Waals surface area contributed by atoms with Gasteiger partial charge < -0.3 is 5.32 Å². The molecule has 1 aliphatic heterocycles.